The van der Waals surface area contributed by atoms with E-state index >= 15 is 0 Å². The number of aromatic hydroxyl groups is 1. The molecule has 35 heavy (non-hydrogen) atoms. The maximum atomic E-state index is 14.6. The highest BCUT2D eigenvalue weighted by Crippen LogP contribution is 2.66. The Morgan fingerprint density at radius 3 is 2.80 bits per heavy atom. The third kappa shape index (κ3) is 2.39. The number of carbonyl (C=O) groups excluding carboxylic acids is 1. The second-order valence-electron chi connectivity index (χ2n) is 11.6. The predicted molar refractivity (Wildman–Crippen MR) is 125 cm³/mol. The minimum atomic E-state index is -0.992. The Bertz CT molecular complexity index is 1290. The summed E-state index contributed by atoms with van der Waals surface area (Å²) in [6, 6.07) is 8.07. The highest BCUT2D eigenvalue weighted by Gasteiger charge is 2.73. The number of likely N-dealkylation sites (tertiary alicyclic amines) is 1. The SMILES string of the molecule is O=C1c2cccc(F)c2CN1[C@@H]1CCC2(O)[C@H]3Cc4ccc(O)c5c4[C@@]2(CCN3CC2CC2)[C@H]1O5. The molecule has 5 atom stereocenters. The fourth-order valence-electron chi connectivity index (χ4n) is 8.36. The number of halogens is 1. The van der Waals surface area contributed by atoms with Crippen molar-refractivity contribution in [3.63, 3.8) is 0 Å². The number of rotatable bonds is 3. The Labute approximate surface area is 203 Å². The normalized spacial score (nSPS) is 36.7. The third-order valence-electron chi connectivity index (χ3n) is 10.1. The zero-order valence-electron chi connectivity index (χ0n) is 19.5. The quantitative estimate of drug-likeness (QED) is 0.712. The van der Waals surface area contributed by atoms with Gasteiger partial charge in [-0.25, -0.2) is 4.39 Å². The van der Waals surface area contributed by atoms with Gasteiger partial charge in [-0.3, -0.25) is 9.69 Å². The molecule has 1 amide bonds. The molecule has 0 radical (unpaired) electrons. The van der Waals surface area contributed by atoms with Crippen LogP contribution in [0.15, 0.2) is 30.3 Å². The molecule has 7 heteroatoms. The lowest BCUT2D eigenvalue weighted by molar-refractivity contribution is -0.198. The van der Waals surface area contributed by atoms with Gasteiger partial charge in [-0.15, -0.1) is 0 Å². The number of hydrogen-bond donors (Lipinski definition) is 2. The summed E-state index contributed by atoms with van der Waals surface area (Å²) < 4.78 is 21.2. The van der Waals surface area contributed by atoms with Gasteiger partial charge in [-0.05, 0) is 74.8 Å². The summed E-state index contributed by atoms with van der Waals surface area (Å²) in [6.07, 6.45) is 4.67. The van der Waals surface area contributed by atoms with Crippen molar-refractivity contribution in [1.82, 2.24) is 9.80 Å². The van der Waals surface area contributed by atoms with Crippen molar-refractivity contribution >= 4 is 5.91 Å². The second-order valence-corrected chi connectivity index (χ2v) is 11.6. The minimum Gasteiger partial charge on any atom is -0.504 e. The first-order valence-corrected chi connectivity index (χ1v) is 13.0. The predicted octanol–water partition coefficient (Wildman–Crippen LogP) is 3.12. The van der Waals surface area contributed by atoms with Crippen LogP contribution in [0.25, 0.3) is 0 Å². The lowest BCUT2D eigenvalue weighted by Crippen LogP contribution is -2.78. The lowest BCUT2D eigenvalue weighted by Gasteiger charge is -2.64. The molecule has 3 aliphatic heterocycles. The molecule has 3 heterocycles. The molecule has 1 unspecified atom stereocenters. The zero-order chi connectivity index (χ0) is 23.7. The van der Waals surface area contributed by atoms with Crippen molar-refractivity contribution in [2.75, 3.05) is 13.1 Å². The van der Waals surface area contributed by atoms with E-state index in [0.29, 0.717) is 29.7 Å². The molecular weight excluding hydrogens is 447 g/mol. The summed E-state index contributed by atoms with van der Waals surface area (Å²) in [5.41, 5.74) is 1.27. The number of piperidine rings is 1. The molecule has 182 valence electrons. The third-order valence-corrected chi connectivity index (χ3v) is 10.1. The Kier molecular flexibility index (Phi) is 3.85. The van der Waals surface area contributed by atoms with Crippen molar-refractivity contribution in [1.29, 1.82) is 0 Å². The van der Waals surface area contributed by atoms with Crippen molar-refractivity contribution < 1.29 is 24.1 Å². The average molecular weight is 477 g/mol. The largest absolute Gasteiger partial charge is 0.504 e. The van der Waals surface area contributed by atoms with E-state index in [1.165, 1.54) is 18.9 Å². The van der Waals surface area contributed by atoms with Crippen molar-refractivity contribution in [3.05, 3.63) is 58.4 Å². The van der Waals surface area contributed by atoms with Gasteiger partial charge >= 0.3 is 0 Å². The van der Waals surface area contributed by atoms with Gasteiger partial charge < -0.3 is 19.8 Å². The number of carbonyl (C=O) groups is 1. The monoisotopic (exact) mass is 476 g/mol. The fourth-order valence-corrected chi connectivity index (χ4v) is 8.36. The molecule has 0 aromatic heterocycles. The molecule has 2 aromatic carbocycles. The number of phenolic OH excluding ortho intramolecular Hbond substituents is 1. The zero-order valence-corrected chi connectivity index (χ0v) is 19.5. The number of fused-ring (bicyclic) bond motifs is 1. The minimum absolute atomic E-state index is 0.00388. The highest BCUT2D eigenvalue weighted by atomic mass is 19.1. The summed E-state index contributed by atoms with van der Waals surface area (Å²) in [5.74, 6) is 0.767. The Hall–Kier alpha value is -2.64. The van der Waals surface area contributed by atoms with Gasteiger partial charge in [0.15, 0.2) is 11.5 Å². The van der Waals surface area contributed by atoms with Crippen LogP contribution in [0.3, 0.4) is 0 Å². The van der Waals surface area contributed by atoms with Crippen LogP contribution >= 0.6 is 0 Å². The van der Waals surface area contributed by atoms with Gasteiger partial charge in [0.25, 0.3) is 5.91 Å². The number of amides is 1. The smallest absolute Gasteiger partial charge is 0.254 e. The first kappa shape index (κ1) is 20.5. The topological polar surface area (TPSA) is 73.2 Å². The first-order valence-electron chi connectivity index (χ1n) is 13.0. The molecular formula is C28H29FN2O4. The molecule has 6 aliphatic rings. The summed E-state index contributed by atoms with van der Waals surface area (Å²) >= 11 is 0. The van der Waals surface area contributed by atoms with E-state index in [4.69, 9.17) is 4.74 Å². The number of benzene rings is 2. The summed E-state index contributed by atoms with van der Waals surface area (Å²) in [4.78, 5) is 17.7. The maximum absolute atomic E-state index is 14.6. The van der Waals surface area contributed by atoms with Gasteiger partial charge in [0, 0.05) is 29.3 Å². The molecule has 2 N–H and O–H groups in total. The van der Waals surface area contributed by atoms with E-state index in [9.17, 15) is 19.4 Å². The second kappa shape index (κ2) is 6.56. The van der Waals surface area contributed by atoms with Gasteiger partial charge in [-0.1, -0.05) is 12.1 Å². The summed E-state index contributed by atoms with van der Waals surface area (Å²) in [6.45, 7) is 2.11. The molecule has 3 aliphatic carbocycles. The van der Waals surface area contributed by atoms with Crippen LogP contribution in [0.1, 0.15) is 59.2 Å². The fraction of sp³-hybridized carbons (Fsp3) is 0.536. The van der Waals surface area contributed by atoms with E-state index in [1.54, 1.807) is 23.1 Å². The van der Waals surface area contributed by atoms with Gasteiger partial charge in [-0.2, -0.15) is 0 Å². The Morgan fingerprint density at radius 2 is 2.00 bits per heavy atom. The summed E-state index contributed by atoms with van der Waals surface area (Å²) in [7, 11) is 0. The summed E-state index contributed by atoms with van der Waals surface area (Å²) in [5, 5.41) is 23.4. The van der Waals surface area contributed by atoms with E-state index < -0.39 is 17.1 Å². The van der Waals surface area contributed by atoms with Crippen LogP contribution in [0.5, 0.6) is 11.5 Å². The van der Waals surface area contributed by atoms with Crippen LogP contribution in [0.4, 0.5) is 4.39 Å². The van der Waals surface area contributed by atoms with Gasteiger partial charge in [0.1, 0.15) is 11.9 Å². The van der Waals surface area contributed by atoms with E-state index in [-0.39, 0.29) is 36.1 Å². The molecule has 2 bridgehead atoms. The van der Waals surface area contributed by atoms with Gasteiger partial charge in [0.05, 0.1) is 23.6 Å². The first-order chi connectivity index (χ1) is 16.9. The molecule has 2 saturated carbocycles. The van der Waals surface area contributed by atoms with E-state index in [1.807, 2.05) is 6.07 Å². The van der Waals surface area contributed by atoms with Crippen LogP contribution in [0.2, 0.25) is 0 Å². The average Bonchev–Trinajstić information content (AvgIpc) is 3.49. The van der Waals surface area contributed by atoms with Crippen LogP contribution < -0.4 is 4.74 Å². The van der Waals surface area contributed by atoms with Gasteiger partial charge in [0.2, 0.25) is 0 Å². The Morgan fingerprint density at radius 1 is 1.14 bits per heavy atom. The molecule has 1 saturated heterocycles. The van der Waals surface area contributed by atoms with Crippen LogP contribution in [0, 0.1) is 11.7 Å². The highest BCUT2D eigenvalue weighted by molar-refractivity contribution is 5.98. The molecule has 3 fully saturated rings. The van der Waals surface area contributed by atoms with Crippen LogP contribution in [-0.4, -0.2) is 62.8 Å². The van der Waals surface area contributed by atoms with E-state index in [0.717, 1.165) is 43.0 Å². The van der Waals surface area contributed by atoms with Crippen molar-refractivity contribution in [3.8, 4) is 11.5 Å². The standard InChI is InChI=1S/C28H29FN2O4/c29-19-3-1-2-17-18(19)14-31(26(17)33)20-8-9-28(34)22-12-16-6-7-21(32)24-23(16)27(28,25(20)35-24)10-11-30(22)13-15-4-5-15/h1-3,6-7,15,20,22,25,32,34H,4-5,8-14H2/t20-,22-,25+,27+,28?/m1/s1. The number of hydrogen-bond acceptors (Lipinski definition) is 5. The molecule has 2 aromatic rings. The molecule has 6 nitrogen and oxygen atoms in total. The Balaban J connectivity index is 1.26. The van der Waals surface area contributed by atoms with Crippen molar-refractivity contribution in [2.24, 2.45) is 5.92 Å². The van der Waals surface area contributed by atoms with Crippen LogP contribution in [-0.2, 0) is 18.4 Å². The molecule has 8 rings (SSSR count). The maximum Gasteiger partial charge on any atom is 0.254 e. The van der Waals surface area contributed by atoms with E-state index in [2.05, 4.69) is 4.90 Å². The number of nitrogens with zero attached hydrogens (tertiary/aromatic N) is 2. The molecule has 1 spiro atoms. The number of phenols is 1. The number of aliphatic hydroxyl groups is 1. The van der Waals surface area contributed by atoms with Crippen molar-refractivity contribution in [2.45, 2.75) is 74.3 Å². The lowest BCUT2D eigenvalue weighted by atomic mass is 9.48. The number of ether oxygens (including phenoxy) is 1.